The Morgan fingerprint density at radius 3 is 2.76 bits per heavy atom. The van der Waals surface area contributed by atoms with E-state index in [0.717, 1.165) is 22.6 Å². The van der Waals surface area contributed by atoms with Crippen molar-refractivity contribution in [3.63, 3.8) is 0 Å². The molecule has 0 aromatic heterocycles. The lowest BCUT2D eigenvalue weighted by molar-refractivity contribution is -0.114. The minimum atomic E-state index is -0.734. The molecule has 0 atom stereocenters. The predicted octanol–water partition coefficient (Wildman–Crippen LogP) is 2.67. The molecule has 0 saturated carbocycles. The minimum absolute atomic E-state index is 0.0495. The molecule has 1 aliphatic rings. The summed E-state index contributed by atoms with van der Waals surface area (Å²) in [6, 6.07) is 3.53. The number of hydrogen-bond acceptors (Lipinski definition) is 2. The molecular weight excluding hydrogens is 268 g/mol. The van der Waals surface area contributed by atoms with Crippen molar-refractivity contribution < 1.29 is 14.0 Å². The van der Waals surface area contributed by atoms with Crippen molar-refractivity contribution in [1.82, 2.24) is 0 Å². The van der Waals surface area contributed by atoms with Crippen LogP contribution in [0.5, 0.6) is 0 Å². The maximum atomic E-state index is 13.1. The second kappa shape index (κ2) is 4.47. The van der Waals surface area contributed by atoms with Gasteiger partial charge < -0.3 is 0 Å². The van der Waals surface area contributed by atoms with Gasteiger partial charge in [0.1, 0.15) is 5.82 Å². The van der Waals surface area contributed by atoms with Crippen LogP contribution >= 0.6 is 23.2 Å². The van der Waals surface area contributed by atoms with Gasteiger partial charge in [0.05, 0.1) is 17.8 Å². The first-order valence-electron chi connectivity index (χ1n) is 4.65. The number of carbonyl (C=O) groups excluding carboxylic acids is 2. The summed E-state index contributed by atoms with van der Waals surface area (Å²) < 4.78 is 13.1. The summed E-state index contributed by atoms with van der Waals surface area (Å²) in [6.45, 7) is -0.0495. The smallest absolute Gasteiger partial charge is 0.299 e. The third-order valence-electron chi connectivity index (χ3n) is 2.36. The van der Waals surface area contributed by atoms with Gasteiger partial charge in [0.2, 0.25) is 0 Å². The van der Waals surface area contributed by atoms with E-state index in [1.165, 1.54) is 6.07 Å². The number of halogens is 3. The molecule has 1 aromatic rings. The molecule has 6 heteroatoms. The summed E-state index contributed by atoms with van der Waals surface area (Å²) in [6.07, 6.45) is 0. The summed E-state index contributed by atoms with van der Waals surface area (Å²) in [5.41, 5.74) is 1.49. The lowest BCUT2D eigenvalue weighted by atomic mass is 10.1. The highest BCUT2D eigenvalue weighted by Gasteiger charge is 2.36. The maximum absolute atomic E-state index is 13.1. The predicted molar refractivity (Wildman–Crippen MR) is 62.9 cm³/mol. The van der Waals surface area contributed by atoms with E-state index in [9.17, 15) is 14.0 Å². The summed E-state index contributed by atoms with van der Waals surface area (Å²) in [5.74, 6) is -1.93. The highest BCUT2D eigenvalue weighted by molar-refractivity contribution is 6.52. The average Bonchev–Trinajstić information content (AvgIpc) is 2.54. The van der Waals surface area contributed by atoms with Gasteiger partial charge in [-0.25, -0.2) is 4.39 Å². The van der Waals surface area contributed by atoms with Gasteiger partial charge in [0.25, 0.3) is 11.7 Å². The van der Waals surface area contributed by atoms with Crippen LogP contribution in [0.1, 0.15) is 10.4 Å². The Labute approximate surface area is 106 Å². The van der Waals surface area contributed by atoms with Crippen LogP contribution < -0.4 is 4.90 Å². The van der Waals surface area contributed by atoms with E-state index >= 15 is 0 Å². The van der Waals surface area contributed by atoms with Crippen molar-refractivity contribution in [3.05, 3.63) is 40.1 Å². The molecule has 0 aliphatic carbocycles. The van der Waals surface area contributed by atoms with Crippen LogP contribution in [0.3, 0.4) is 0 Å². The standard InChI is InChI=1S/C11H6Cl2FNO2/c12-4-6(13)5-15-9-3-7(14)1-2-8(9)10(16)11(15)17/h1-4H,5H2. The van der Waals surface area contributed by atoms with Crippen molar-refractivity contribution in [2.75, 3.05) is 11.4 Å². The summed E-state index contributed by atoms with van der Waals surface area (Å²) in [4.78, 5) is 24.3. The normalized spacial score (nSPS) is 15.5. The van der Waals surface area contributed by atoms with Gasteiger partial charge in [-0.1, -0.05) is 23.2 Å². The van der Waals surface area contributed by atoms with Gasteiger partial charge in [0, 0.05) is 10.6 Å². The fourth-order valence-corrected chi connectivity index (χ4v) is 1.80. The molecule has 1 heterocycles. The number of ketones is 1. The van der Waals surface area contributed by atoms with E-state index in [0.29, 0.717) is 0 Å². The van der Waals surface area contributed by atoms with Gasteiger partial charge >= 0.3 is 0 Å². The third kappa shape index (κ3) is 2.06. The second-order valence-electron chi connectivity index (χ2n) is 3.44. The molecule has 2 rings (SSSR count). The Morgan fingerprint density at radius 1 is 1.41 bits per heavy atom. The Kier molecular flexibility index (Phi) is 3.17. The monoisotopic (exact) mass is 273 g/mol. The van der Waals surface area contributed by atoms with E-state index < -0.39 is 17.5 Å². The number of fused-ring (bicyclic) bond motifs is 1. The van der Waals surface area contributed by atoms with Crippen LogP contribution in [0.4, 0.5) is 10.1 Å². The lowest BCUT2D eigenvalue weighted by Gasteiger charge is -2.15. The van der Waals surface area contributed by atoms with E-state index in [2.05, 4.69) is 0 Å². The molecule has 3 nitrogen and oxygen atoms in total. The first kappa shape index (κ1) is 12.1. The molecular formula is C11H6Cl2FNO2. The number of anilines is 1. The summed E-state index contributed by atoms with van der Waals surface area (Å²) in [5, 5.41) is 0.185. The highest BCUT2D eigenvalue weighted by Crippen LogP contribution is 2.30. The number of amides is 1. The third-order valence-corrected chi connectivity index (χ3v) is 2.97. The zero-order valence-electron chi connectivity index (χ0n) is 8.41. The molecule has 0 radical (unpaired) electrons. The molecule has 0 unspecified atom stereocenters. The van der Waals surface area contributed by atoms with E-state index in [1.807, 2.05) is 0 Å². The molecule has 0 fully saturated rings. The van der Waals surface area contributed by atoms with Crippen molar-refractivity contribution in [2.24, 2.45) is 0 Å². The van der Waals surface area contributed by atoms with E-state index in [1.54, 1.807) is 0 Å². The molecule has 88 valence electrons. The molecule has 0 N–H and O–H groups in total. The zero-order chi connectivity index (χ0) is 12.6. The fraction of sp³-hybridized carbons (Fsp3) is 0.0909. The van der Waals surface area contributed by atoms with Crippen LogP contribution in [-0.4, -0.2) is 18.2 Å². The summed E-state index contributed by atoms with van der Waals surface area (Å²) in [7, 11) is 0. The Hall–Kier alpha value is -1.39. The Morgan fingerprint density at radius 2 is 2.12 bits per heavy atom. The van der Waals surface area contributed by atoms with Crippen molar-refractivity contribution in [3.8, 4) is 0 Å². The van der Waals surface area contributed by atoms with Gasteiger partial charge in [-0.2, -0.15) is 0 Å². The number of carbonyl (C=O) groups is 2. The van der Waals surface area contributed by atoms with Crippen LogP contribution in [0, 0.1) is 5.82 Å². The van der Waals surface area contributed by atoms with Crippen molar-refractivity contribution in [2.45, 2.75) is 0 Å². The second-order valence-corrected chi connectivity index (χ2v) is 4.14. The van der Waals surface area contributed by atoms with Gasteiger partial charge in [-0.05, 0) is 18.2 Å². The van der Waals surface area contributed by atoms with E-state index in [-0.39, 0.29) is 22.8 Å². The molecule has 1 aromatic carbocycles. The van der Waals surface area contributed by atoms with Crippen LogP contribution in [0.25, 0.3) is 0 Å². The molecule has 17 heavy (non-hydrogen) atoms. The van der Waals surface area contributed by atoms with Crippen molar-refractivity contribution >= 4 is 40.6 Å². The number of nitrogens with zero attached hydrogens (tertiary/aromatic N) is 1. The highest BCUT2D eigenvalue weighted by atomic mass is 35.5. The van der Waals surface area contributed by atoms with Crippen LogP contribution in [0.15, 0.2) is 28.8 Å². The Bertz CT molecular complexity index is 542. The zero-order valence-corrected chi connectivity index (χ0v) is 9.93. The summed E-state index contributed by atoms with van der Waals surface area (Å²) >= 11 is 11.1. The first-order valence-corrected chi connectivity index (χ1v) is 5.46. The van der Waals surface area contributed by atoms with Gasteiger partial charge in [0.15, 0.2) is 0 Å². The number of benzene rings is 1. The molecule has 0 bridgehead atoms. The quantitative estimate of drug-likeness (QED) is 0.777. The SMILES string of the molecule is O=C1C(=O)N(CC(Cl)=CCl)c2cc(F)ccc21. The largest absolute Gasteiger partial charge is 0.299 e. The van der Waals surface area contributed by atoms with E-state index in [4.69, 9.17) is 23.2 Å². The fourth-order valence-electron chi connectivity index (χ4n) is 1.61. The number of hydrogen-bond donors (Lipinski definition) is 0. The lowest BCUT2D eigenvalue weighted by Crippen LogP contribution is -2.30. The van der Waals surface area contributed by atoms with Gasteiger partial charge in [-0.15, -0.1) is 0 Å². The topological polar surface area (TPSA) is 37.4 Å². The number of rotatable bonds is 2. The maximum Gasteiger partial charge on any atom is 0.299 e. The molecule has 1 amide bonds. The first-order chi connectivity index (χ1) is 8.04. The Balaban J connectivity index is 2.46. The molecule has 0 saturated heterocycles. The van der Waals surface area contributed by atoms with Gasteiger partial charge in [-0.3, -0.25) is 14.5 Å². The average molecular weight is 274 g/mol. The van der Waals surface area contributed by atoms with Crippen LogP contribution in [-0.2, 0) is 4.79 Å². The molecule has 1 aliphatic heterocycles. The minimum Gasteiger partial charge on any atom is -0.299 e. The molecule has 0 spiro atoms. The van der Waals surface area contributed by atoms with Crippen LogP contribution in [0.2, 0.25) is 0 Å². The number of Topliss-reactive ketones (excluding diaryl/α,β-unsaturated/α-hetero) is 1. The van der Waals surface area contributed by atoms with Crippen molar-refractivity contribution in [1.29, 1.82) is 0 Å².